The van der Waals surface area contributed by atoms with Crippen molar-refractivity contribution in [2.45, 2.75) is 19.4 Å². The molecule has 34 heavy (non-hydrogen) atoms. The maximum atomic E-state index is 13.2. The van der Waals surface area contributed by atoms with Gasteiger partial charge in [0.1, 0.15) is 11.6 Å². The Balaban J connectivity index is 1.26. The lowest BCUT2D eigenvalue weighted by molar-refractivity contribution is -0.148. The van der Waals surface area contributed by atoms with Gasteiger partial charge in [-0.1, -0.05) is 0 Å². The first-order valence-electron chi connectivity index (χ1n) is 10.4. The average molecular weight is 479 g/mol. The smallest absolute Gasteiger partial charge is 0.312 e. The molecule has 5 rings (SSSR count). The molecular weight excluding hydrogens is 459 g/mol. The van der Waals surface area contributed by atoms with Gasteiger partial charge in [-0.05, 0) is 55.5 Å². The Morgan fingerprint density at radius 2 is 1.85 bits per heavy atom. The van der Waals surface area contributed by atoms with E-state index >= 15 is 0 Å². The van der Waals surface area contributed by atoms with Crippen molar-refractivity contribution >= 4 is 22.3 Å². The summed E-state index contributed by atoms with van der Waals surface area (Å²) in [4.78, 5) is 17.9. The zero-order chi connectivity index (χ0) is 23.7. The highest BCUT2D eigenvalue weighted by Gasteiger charge is 2.21. The topological polar surface area (TPSA) is 91.8 Å². The van der Waals surface area contributed by atoms with Gasteiger partial charge in [-0.2, -0.15) is 0 Å². The van der Waals surface area contributed by atoms with E-state index in [2.05, 4.69) is 15.2 Å². The molecular formula is C24H19FN4O4S. The van der Waals surface area contributed by atoms with Crippen LogP contribution in [0.1, 0.15) is 24.6 Å². The molecule has 0 saturated heterocycles. The van der Waals surface area contributed by atoms with E-state index in [1.54, 1.807) is 50.4 Å². The van der Waals surface area contributed by atoms with Gasteiger partial charge in [0.15, 0.2) is 11.1 Å². The first kappa shape index (κ1) is 21.8. The monoisotopic (exact) mass is 478 g/mol. The van der Waals surface area contributed by atoms with E-state index in [1.165, 1.54) is 23.5 Å². The van der Waals surface area contributed by atoms with Gasteiger partial charge in [0.2, 0.25) is 5.89 Å². The Hall–Kier alpha value is -4.05. The summed E-state index contributed by atoms with van der Waals surface area (Å²) < 4.78 is 31.4. The molecule has 0 saturated carbocycles. The van der Waals surface area contributed by atoms with Crippen LogP contribution in [0.3, 0.4) is 0 Å². The number of halogens is 1. The van der Waals surface area contributed by atoms with Gasteiger partial charge in [0, 0.05) is 28.4 Å². The third kappa shape index (κ3) is 4.40. The van der Waals surface area contributed by atoms with Crippen molar-refractivity contribution in [3.8, 4) is 28.5 Å². The van der Waals surface area contributed by atoms with Crippen molar-refractivity contribution in [1.82, 2.24) is 19.6 Å². The van der Waals surface area contributed by atoms with Crippen molar-refractivity contribution < 1.29 is 23.1 Å². The highest BCUT2D eigenvalue weighted by atomic mass is 32.1. The normalized spacial score (nSPS) is 12.1. The molecule has 1 atom stereocenters. The number of carbonyl (C=O) groups is 1. The number of rotatable bonds is 7. The van der Waals surface area contributed by atoms with Crippen LogP contribution in [0.5, 0.6) is 5.75 Å². The number of hydrogen-bond acceptors (Lipinski definition) is 8. The number of aromatic nitrogens is 4. The molecule has 0 N–H and O–H groups in total. The maximum Gasteiger partial charge on any atom is 0.312 e. The van der Waals surface area contributed by atoms with Crippen LogP contribution in [0.2, 0.25) is 0 Å². The number of imidazole rings is 1. The lowest BCUT2D eigenvalue weighted by Crippen LogP contribution is -2.12. The summed E-state index contributed by atoms with van der Waals surface area (Å²) in [6, 6.07) is 13.3. The Morgan fingerprint density at radius 1 is 1.12 bits per heavy atom. The number of esters is 1. The third-order valence-electron chi connectivity index (χ3n) is 5.18. The average Bonchev–Trinajstić information content (AvgIpc) is 3.57. The minimum atomic E-state index is -0.710. The van der Waals surface area contributed by atoms with Gasteiger partial charge in [0.05, 0.1) is 19.2 Å². The van der Waals surface area contributed by atoms with Gasteiger partial charge in [-0.3, -0.25) is 9.20 Å². The summed E-state index contributed by atoms with van der Waals surface area (Å²) in [7, 11) is 1.59. The lowest BCUT2D eigenvalue weighted by Gasteiger charge is -2.09. The van der Waals surface area contributed by atoms with Crippen molar-refractivity contribution in [3.05, 3.63) is 77.5 Å². The van der Waals surface area contributed by atoms with E-state index in [-0.39, 0.29) is 18.1 Å². The quantitative estimate of drug-likeness (QED) is 0.300. The third-order valence-corrected chi connectivity index (χ3v) is 6.07. The predicted molar refractivity (Wildman–Crippen MR) is 123 cm³/mol. The molecule has 0 amide bonds. The first-order chi connectivity index (χ1) is 16.5. The first-order valence-corrected chi connectivity index (χ1v) is 11.3. The van der Waals surface area contributed by atoms with Gasteiger partial charge < -0.3 is 13.9 Å². The number of ether oxygens (including phenoxy) is 2. The summed E-state index contributed by atoms with van der Waals surface area (Å²) in [5.41, 5.74) is 2.97. The summed E-state index contributed by atoms with van der Waals surface area (Å²) in [6.45, 7) is 1.68. The van der Waals surface area contributed by atoms with Crippen LogP contribution in [0.25, 0.3) is 27.7 Å². The maximum absolute atomic E-state index is 13.2. The van der Waals surface area contributed by atoms with Crippen LogP contribution in [0.15, 0.2) is 64.5 Å². The highest BCUT2D eigenvalue weighted by molar-refractivity contribution is 7.15. The van der Waals surface area contributed by atoms with Crippen molar-refractivity contribution in [3.63, 3.8) is 0 Å². The molecule has 5 aromatic rings. The molecule has 3 aromatic heterocycles. The number of benzene rings is 2. The van der Waals surface area contributed by atoms with Crippen molar-refractivity contribution in [2.24, 2.45) is 0 Å². The summed E-state index contributed by atoms with van der Waals surface area (Å²) >= 11 is 1.41. The lowest BCUT2D eigenvalue weighted by atomic mass is 10.2. The number of fused-ring (bicyclic) bond motifs is 1. The van der Waals surface area contributed by atoms with Crippen LogP contribution in [0, 0.1) is 5.82 Å². The molecule has 0 aliphatic heterocycles. The molecule has 3 heterocycles. The number of nitrogens with zero attached hydrogens (tertiary/aromatic N) is 4. The van der Waals surface area contributed by atoms with E-state index in [0.29, 0.717) is 11.6 Å². The molecule has 172 valence electrons. The number of carbonyl (C=O) groups excluding carboxylic acids is 1. The molecule has 0 unspecified atom stereocenters. The van der Waals surface area contributed by atoms with Crippen LogP contribution in [-0.4, -0.2) is 32.7 Å². The molecule has 0 aliphatic rings. The SMILES string of the molecule is COc1ccc(-c2nnc([C@@H](C)OC(=O)Cc3csc4nc(-c5ccc(F)cc5)cn34)o2)cc1. The highest BCUT2D eigenvalue weighted by Crippen LogP contribution is 2.26. The van der Waals surface area contributed by atoms with Crippen molar-refractivity contribution in [1.29, 1.82) is 0 Å². The number of hydrogen-bond donors (Lipinski definition) is 0. The number of thiazole rings is 1. The summed E-state index contributed by atoms with van der Waals surface area (Å²) in [5, 5.41) is 9.91. The van der Waals surface area contributed by atoms with E-state index < -0.39 is 12.1 Å². The Kier molecular flexibility index (Phi) is 5.81. The Morgan fingerprint density at radius 3 is 2.59 bits per heavy atom. The van der Waals surface area contributed by atoms with Gasteiger partial charge >= 0.3 is 5.97 Å². The van der Waals surface area contributed by atoms with Crippen molar-refractivity contribution in [2.75, 3.05) is 7.11 Å². The minimum Gasteiger partial charge on any atom is -0.497 e. The largest absolute Gasteiger partial charge is 0.497 e. The molecule has 10 heteroatoms. The number of methoxy groups -OCH3 is 1. The molecule has 0 spiro atoms. The fraction of sp³-hybridized carbons (Fsp3) is 0.167. The molecule has 8 nitrogen and oxygen atoms in total. The second-order valence-corrected chi connectivity index (χ2v) is 8.33. The van der Waals surface area contributed by atoms with Gasteiger partial charge in [-0.15, -0.1) is 21.5 Å². The Labute approximate surface area is 197 Å². The Bertz CT molecular complexity index is 1440. The molecule has 0 radical (unpaired) electrons. The minimum absolute atomic E-state index is 0.0447. The van der Waals surface area contributed by atoms with Crippen LogP contribution in [-0.2, 0) is 16.0 Å². The van der Waals surface area contributed by atoms with Gasteiger partial charge in [-0.25, -0.2) is 9.37 Å². The molecule has 0 aliphatic carbocycles. The van der Waals surface area contributed by atoms with E-state index in [0.717, 1.165) is 27.5 Å². The van der Waals surface area contributed by atoms with Crippen LogP contribution < -0.4 is 4.74 Å². The molecule has 2 aromatic carbocycles. The van der Waals surface area contributed by atoms with Crippen LogP contribution >= 0.6 is 11.3 Å². The predicted octanol–water partition coefficient (Wildman–Crippen LogP) is 5.11. The molecule has 0 fully saturated rings. The van der Waals surface area contributed by atoms with E-state index in [4.69, 9.17) is 13.9 Å². The van der Waals surface area contributed by atoms with Gasteiger partial charge in [0.25, 0.3) is 5.89 Å². The summed E-state index contributed by atoms with van der Waals surface area (Å²) in [6.07, 6.45) is 1.16. The van der Waals surface area contributed by atoms with Crippen LogP contribution in [0.4, 0.5) is 4.39 Å². The summed E-state index contributed by atoms with van der Waals surface area (Å²) in [5.74, 6) is 0.506. The van der Waals surface area contributed by atoms with E-state index in [1.807, 2.05) is 16.0 Å². The standard InChI is InChI=1S/C24H19FN4O4S/c1-14(22-27-28-23(33-22)16-5-9-19(31-2)10-6-16)32-21(30)11-18-13-34-24-26-20(12-29(18)24)15-3-7-17(25)8-4-15/h3-10,12-14H,11H2,1-2H3/t14-/m1/s1. The second-order valence-electron chi connectivity index (χ2n) is 7.50. The molecule has 0 bridgehead atoms. The zero-order valence-electron chi connectivity index (χ0n) is 18.3. The fourth-order valence-electron chi connectivity index (χ4n) is 3.40. The second kappa shape index (κ2) is 9.06. The zero-order valence-corrected chi connectivity index (χ0v) is 19.1. The van der Waals surface area contributed by atoms with E-state index in [9.17, 15) is 9.18 Å². The fourth-order valence-corrected chi connectivity index (χ4v) is 4.28.